The van der Waals surface area contributed by atoms with E-state index in [4.69, 9.17) is 0 Å². The van der Waals surface area contributed by atoms with E-state index in [1.807, 2.05) is 0 Å². The summed E-state index contributed by atoms with van der Waals surface area (Å²) < 4.78 is 0. The second-order valence-electron chi connectivity index (χ2n) is 7.00. The van der Waals surface area contributed by atoms with Gasteiger partial charge in [-0.05, 0) is 44.3 Å². The molecule has 118 valence electrons. The van der Waals surface area contributed by atoms with Gasteiger partial charge < -0.3 is 10.2 Å². The topological polar surface area (TPSA) is 15.3 Å². The van der Waals surface area contributed by atoms with Crippen molar-refractivity contribution in [2.45, 2.75) is 51.6 Å². The van der Waals surface area contributed by atoms with Crippen LogP contribution in [0.3, 0.4) is 0 Å². The summed E-state index contributed by atoms with van der Waals surface area (Å²) in [6, 6.07) is 11.8. The van der Waals surface area contributed by atoms with Crippen molar-refractivity contribution in [3.8, 4) is 0 Å². The highest BCUT2D eigenvalue weighted by molar-refractivity contribution is 5.21. The van der Waals surface area contributed by atoms with Crippen LogP contribution in [0, 0.1) is 11.8 Å². The number of likely N-dealkylation sites (N-methyl/N-ethyl adjacent to an activating group) is 2. The first-order valence-corrected chi connectivity index (χ1v) is 8.56. The predicted octanol–water partition coefficient (Wildman–Crippen LogP) is 4.09. The van der Waals surface area contributed by atoms with Crippen molar-refractivity contribution in [2.75, 3.05) is 20.6 Å². The number of hydrogen-bond donors (Lipinski definition) is 1. The summed E-state index contributed by atoms with van der Waals surface area (Å²) >= 11 is 0. The number of rotatable bonds is 7. The van der Waals surface area contributed by atoms with Gasteiger partial charge in [0.2, 0.25) is 0 Å². The molecule has 1 N–H and O–H groups in total. The van der Waals surface area contributed by atoms with Crippen LogP contribution in [-0.4, -0.2) is 31.6 Å². The van der Waals surface area contributed by atoms with Crippen LogP contribution in [0.25, 0.3) is 0 Å². The average Bonchev–Trinajstić information content (AvgIpc) is 2.97. The molecular formula is C19H32N2. The molecule has 1 aromatic rings. The molecule has 0 bridgehead atoms. The summed E-state index contributed by atoms with van der Waals surface area (Å²) in [6.07, 6.45) is 5.70. The number of benzene rings is 1. The Morgan fingerprint density at radius 1 is 1.14 bits per heavy atom. The fraction of sp³-hybridized carbons (Fsp3) is 0.684. The van der Waals surface area contributed by atoms with Crippen LogP contribution in [0.4, 0.5) is 0 Å². The third kappa shape index (κ3) is 4.31. The molecule has 0 aliphatic heterocycles. The van der Waals surface area contributed by atoms with Crippen LogP contribution in [0.2, 0.25) is 0 Å². The molecule has 0 aromatic heterocycles. The lowest BCUT2D eigenvalue weighted by Crippen LogP contribution is -2.46. The minimum atomic E-state index is 0.401. The molecule has 21 heavy (non-hydrogen) atoms. The Bertz CT molecular complexity index is 395. The minimum absolute atomic E-state index is 0.401. The Kier molecular flexibility index (Phi) is 6.25. The van der Waals surface area contributed by atoms with Crippen molar-refractivity contribution in [1.82, 2.24) is 10.2 Å². The van der Waals surface area contributed by atoms with Crippen molar-refractivity contribution in [3.05, 3.63) is 35.9 Å². The highest BCUT2D eigenvalue weighted by Gasteiger charge is 2.30. The molecular weight excluding hydrogens is 256 g/mol. The van der Waals surface area contributed by atoms with E-state index in [0.29, 0.717) is 18.0 Å². The van der Waals surface area contributed by atoms with Crippen molar-refractivity contribution in [2.24, 2.45) is 11.8 Å². The summed E-state index contributed by atoms with van der Waals surface area (Å²) in [5, 5.41) is 3.56. The standard InChI is InChI=1S/C19H32N2/c1-15(2)19(21(4)14-16-10-8-9-11-16)18(20-3)17-12-6-5-7-13-17/h5-7,12-13,15-16,18-20H,8-11,14H2,1-4H3. The molecule has 2 atom stereocenters. The first-order valence-electron chi connectivity index (χ1n) is 8.56. The molecule has 0 saturated heterocycles. The molecule has 1 aromatic carbocycles. The van der Waals surface area contributed by atoms with Crippen molar-refractivity contribution in [3.63, 3.8) is 0 Å². The van der Waals surface area contributed by atoms with Gasteiger partial charge in [0.15, 0.2) is 0 Å². The first kappa shape index (κ1) is 16.5. The van der Waals surface area contributed by atoms with E-state index in [0.717, 1.165) is 5.92 Å². The normalized spacial score (nSPS) is 19.3. The second kappa shape index (κ2) is 7.95. The second-order valence-corrected chi connectivity index (χ2v) is 7.00. The number of nitrogens with one attached hydrogen (secondary N) is 1. The molecule has 0 radical (unpaired) electrons. The zero-order valence-corrected chi connectivity index (χ0v) is 14.2. The molecule has 2 nitrogen and oxygen atoms in total. The Labute approximate surface area is 130 Å². The molecule has 0 heterocycles. The highest BCUT2D eigenvalue weighted by atomic mass is 15.2. The predicted molar refractivity (Wildman–Crippen MR) is 91.5 cm³/mol. The molecule has 1 aliphatic carbocycles. The van der Waals surface area contributed by atoms with E-state index >= 15 is 0 Å². The smallest absolute Gasteiger partial charge is 0.0478 e. The van der Waals surface area contributed by atoms with Crippen molar-refractivity contribution < 1.29 is 0 Å². The van der Waals surface area contributed by atoms with Gasteiger partial charge in [-0.1, -0.05) is 57.0 Å². The monoisotopic (exact) mass is 288 g/mol. The molecule has 0 spiro atoms. The lowest BCUT2D eigenvalue weighted by atomic mass is 9.89. The largest absolute Gasteiger partial charge is 0.312 e. The van der Waals surface area contributed by atoms with Crippen LogP contribution in [0.5, 0.6) is 0 Å². The molecule has 2 heteroatoms. The third-order valence-electron chi connectivity index (χ3n) is 5.02. The molecule has 2 unspecified atom stereocenters. The summed E-state index contributed by atoms with van der Waals surface area (Å²) in [6.45, 7) is 5.94. The summed E-state index contributed by atoms with van der Waals surface area (Å²) in [4.78, 5) is 2.61. The Balaban J connectivity index is 2.11. The van der Waals surface area contributed by atoms with Crippen LogP contribution < -0.4 is 5.32 Å². The molecule has 2 rings (SSSR count). The van der Waals surface area contributed by atoms with Gasteiger partial charge in [-0.15, -0.1) is 0 Å². The Morgan fingerprint density at radius 2 is 1.76 bits per heavy atom. The lowest BCUT2D eigenvalue weighted by Gasteiger charge is -2.39. The molecule has 1 aliphatic rings. The minimum Gasteiger partial charge on any atom is -0.312 e. The summed E-state index contributed by atoms with van der Waals surface area (Å²) in [5.74, 6) is 1.54. The summed E-state index contributed by atoms with van der Waals surface area (Å²) in [7, 11) is 4.41. The van der Waals surface area contributed by atoms with Crippen molar-refractivity contribution >= 4 is 0 Å². The van der Waals surface area contributed by atoms with Gasteiger partial charge in [0.1, 0.15) is 0 Å². The van der Waals surface area contributed by atoms with Crippen LogP contribution >= 0.6 is 0 Å². The first-order chi connectivity index (χ1) is 10.1. The zero-order chi connectivity index (χ0) is 15.2. The molecule has 1 saturated carbocycles. The van der Waals surface area contributed by atoms with E-state index in [1.54, 1.807) is 0 Å². The third-order valence-corrected chi connectivity index (χ3v) is 5.02. The van der Waals surface area contributed by atoms with Gasteiger partial charge >= 0.3 is 0 Å². The number of nitrogens with zero attached hydrogens (tertiary/aromatic N) is 1. The van der Waals surface area contributed by atoms with E-state index < -0.39 is 0 Å². The van der Waals surface area contributed by atoms with Gasteiger partial charge in [0.05, 0.1) is 0 Å². The maximum atomic E-state index is 3.56. The Morgan fingerprint density at radius 3 is 2.29 bits per heavy atom. The SMILES string of the molecule is CNC(c1ccccc1)C(C(C)C)N(C)CC1CCCC1. The van der Waals surface area contributed by atoms with Crippen LogP contribution in [-0.2, 0) is 0 Å². The van der Waals surface area contributed by atoms with Gasteiger partial charge in [-0.2, -0.15) is 0 Å². The van der Waals surface area contributed by atoms with E-state index in [2.05, 4.69) is 68.5 Å². The highest BCUT2D eigenvalue weighted by Crippen LogP contribution is 2.30. The Hall–Kier alpha value is -0.860. The quantitative estimate of drug-likeness (QED) is 0.813. The van der Waals surface area contributed by atoms with E-state index in [9.17, 15) is 0 Å². The van der Waals surface area contributed by atoms with E-state index in [-0.39, 0.29) is 0 Å². The molecule has 0 amide bonds. The van der Waals surface area contributed by atoms with Gasteiger partial charge in [-0.3, -0.25) is 0 Å². The average molecular weight is 288 g/mol. The zero-order valence-electron chi connectivity index (χ0n) is 14.2. The fourth-order valence-corrected chi connectivity index (χ4v) is 4.07. The van der Waals surface area contributed by atoms with E-state index in [1.165, 1.54) is 37.8 Å². The maximum absolute atomic E-state index is 3.56. The van der Waals surface area contributed by atoms with Gasteiger partial charge in [-0.25, -0.2) is 0 Å². The van der Waals surface area contributed by atoms with Crippen LogP contribution in [0.15, 0.2) is 30.3 Å². The number of hydrogen-bond acceptors (Lipinski definition) is 2. The van der Waals surface area contributed by atoms with Gasteiger partial charge in [0, 0.05) is 18.6 Å². The van der Waals surface area contributed by atoms with Crippen molar-refractivity contribution in [1.29, 1.82) is 0 Å². The van der Waals surface area contributed by atoms with Crippen LogP contribution in [0.1, 0.15) is 51.1 Å². The van der Waals surface area contributed by atoms with Gasteiger partial charge in [0.25, 0.3) is 0 Å². The fourth-order valence-electron chi connectivity index (χ4n) is 4.07. The lowest BCUT2D eigenvalue weighted by molar-refractivity contribution is 0.130. The molecule has 1 fully saturated rings. The summed E-state index contributed by atoms with van der Waals surface area (Å²) in [5.41, 5.74) is 1.40. The maximum Gasteiger partial charge on any atom is 0.0478 e.